The van der Waals surface area contributed by atoms with Gasteiger partial charge in [0.25, 0.3) is 5.91 Å². The van der Waals surface area contributed by atoms with Crippen molar-refractivity contribution in [3.63, 3.8) is 0 Å². The maximum atomic E-state index is 12.7. The van der Waals surface area contributed by atoms with E-state index < -0.39 is 0 Å². The largest absolute Gasteiger partial charge is 0.338 e. The van der Waals surface area contributed by atoms with Gasteiger partial charge in [0.05, 0.1) is 15.9 Å². The zero-order valence-electron chi connectivity index (χ0n) is 18.0. The Morgan fingerprint density at radius 1 is 0.970 bits per heavy atom. The second kappa shape index (κ2) is 8.15. The van der Waals surface area contributed by atoms with Gasteiger partial charge in [-0.15, -0.1) is 11.3 Å². The molecular weight excluding hydrogens is 432 g/mol. The van der Waals surface area contributed by atoms with Crippen molar-refractivity contribution in [2.24, 2.45) is 17.8 Å². The zero-order valence-corrected chi connectivity index (χ0v) is 18.8. The molecule has 2 saturated carbocycles. The van der Waals surface area contributed by atoms with Crippen LogP contribution < -0.4 is 10.6 Å². The van der Waals surface area contributed by atoms with Crippen LogP contribution in [0.25, 0.3) is 22.4 Å². The molecule has 0 radical (unpaired) electrons. The molecule has 2 fully saturated rings. The van der Waals surface area contributed by atoms with E-state index in [1.54, 1.807) is 6.07 Å². The summed E-state index contributed by atoms with van der Waals surface area (Å²) in [5.74, 6) is 2.30. The Hall–Kier alpha value is -3.45. The van der Waals surface area contributed by atoms with Gasteiger partial charge >= 0.3 is 0 Å². The first-order valence-electron chi connectivity index (χ1n) is 11.4. The van der Waals surface area contributed by atoms with Crippen LogP contribution in [0.1, 0.15) is 35.4 Å². The predicted molar refractivity (Wildman–Crippen MR) is 131 cm³/mol. The Labute approximate surface area is 195 Å². The number of carbonyl (C=O) groups excluding carboxylic acids is 2. The monoisotopic (exact) mass is 456 g/mol. The van der Waals surface area contributed by atoms with E-state index in [4.69, 9.17) is 0 Å². The number of aromatic amines is 1. The smallest absolute Gasteiger partial charge is 0.265 e. The second-order valence-corrected chi connectivity index (χ2v) is 10.0. The van der Waals surface area contributed by atoms with Gasteiger partial charge in [-0.3, -0.25) is 9.59 Å². The molecular formula is C26H24N4O2S. The average Bonchev–Trinajstić information content (AvgIpc) is 3.63. The van der Waals surface area contributed by atoms with E-state index in [-0.39, 0.29) is 17.7 Å². The van der Waals surface area contributed by atoms with Crippen LogP contribution in [0.15, 0.2) is 60.0 Å². The molecule has 166 valence electrons. The van der Waals surface area contributed by atoms with Crippen molar-refractivity contribution in [3.8, 4) is 11.4 Å². The van der Waals surface area contributed by atoms with Gasteiger partial charge in [-0.25, -0.2) is 4.98 Å². The summed E-state index contributed by atoms with van der Waals surface area (Å²) in [5, 5.41) is 7.91. The summed E-state index contributed by atoms with van der Waals surface area (Å²) in [6.45, 7) is 0. The highest BCUT2D eigenvalue weighted by Gasteiger charge is 2.43. The van der Waals surface area contributed by atoms with Crippen molar-refractivity contribution in [2.75, 3.05) is 10.6 Å². The SMILES string of the molecule is O=C(Nc1ccc2nc(-c3ccc(NC(=O)C4CC5CCC4C5)cc3)[nH]c2c1)c1cccs1. The molecule has 6 rings (SSSR count). The maximum Gasteiger partial charge on any atom is 0.265 e. The molecule has 7 heteroatoms. The Morgan fingerprint density at radius 3 is 2.55 bits per heavy atom. The van der Waals surface area contributed by atoms with Crippen LogP contribution in [0, 0.1) is 17.8 Å². The fraction of sp³-hybridized carbons (Fsp3) is 0.269. The van der Waals surface area contributed by atoms with Crippen LogP contribution in [0.2, 0.25) is 0 Å². The first-order valence-corrected chi connectivity index (χ1v) is 12.3. The van der Waals surface area contributed by atoms with Crippen LogP contribution in [-0.4, -0.2) is 21.8 Å². The molecule has 2 aromatic heterocycles. The minimum atomic E-state index is -0.118. The third-order valence-corrected chi connectivity index (χ3v) is 7.85. The number of anilines is 2. The zero-order chi connectivity index (χ0) is 22.4. The molecule has 2 bridgehead atoms. The van der Waals surface area contributed by atoms with E-state index in [0.717, 1.165) is 46.1 Å². The Morgan fingerprint density at radius 2 is 1.82 bits per heavy atom. The molecule has 2 aliphatic carbocycles. The number of amides is 2. The molecule has 0 spiro atoms. The number of hydrogen-bond acceptors (Lipinski definition) is 4. The molecule has 3 N–H and O–H groups in total. The summed E-state index contributed by atoms with van der Waals surface area (Å²) in [5.41, 5.74) is 4.15. The lowest BCUT2D eigenvalue weighted by Gasteiger charge is -2.20. The van der Waals surface area contributed by atoms with Crippen LogP contribution in [0.5, 0.6) is 0 Å². The number of carbonyl (C=O) groups is 2. The Bertz CT molecular complexity index is 1330. The third kappa shape index (κ3) is 3.93. The lowest BCUT2D eigenvalue weighted by atomic mass is 9.88. The lowest BCUT2D eigenvalue weighted by molar-refractivity contribution is -0.121. The van der Waals surface area contributed by atoms with Gasteiger partial charge < -0.3 is 15.6 Å². The van der Waals surface area contributed by atoms with Gasteiger partial charge in [0.2, 0.25) is 5.91 Å². The molecule has 4 aromatic rings. The Balaban J connectivity index is 1.15. The highest BCUT2D eigenvalue weighted by atomic mass is 32.1. The molecule has 2 aromatic carbocycles. The fourth-order valence-corrected chi connectivity index (χ4v) is 5.96. The molecule has 2 heterocycles. The number of fused-ring (bicyclic) bond motifs is 3. The first kappa shape index (κ1) is 20.2. The topological polar surface area (TPSA) is 86.9 Å². The van der Waals surface area contributed by atoms with Crippen molar-refractivity contribution in [2.45, 2.75) is 25.7 Å². The van der Waals surface area contributed by atoms with E-state index in [0.29, 0.717) is 10.8 Å². The summed E-state index contributed by atoms with van der Waals surface area (Å²) >= 11 is 1.41. The van der Waals surface area contributed by atoms with E-state index >= 15 is 0 Å². The summed E-state index contributed by atoms with van der Waals surface area (Å²) in [6.07, 6.45) is 4.77. The van der Waals surface area contributed by atoms with Gasteiger partial charge in [0, 0.05) is 22.9 Å². The van der Waals surface area contributed by atoms with Crippen molar-refractivity contribution >= 4 is 45.6 Å². The van der Waals surface area contributed by atoms with Crippen LogP contribution in [0.4, 0.5) is 11.4 Å². The summed E-state index contributed by atoms with van der Waals surface area (Å²) in [4.78, 5) is 33.7. The summed E-state index contributed by atoms with van der Waals surface area (Å²) in [6, 6.07) is 17.1. The van der Waals surface area contributed by atoms with Crippen molar-refractivity contribution in [1.29, 1.82) is 0 Å². The molecule has 2 amide bonds. The highest BCUT2D eigenvalue weighted by Crippen LogP contribution is 2.48. The number of rotatable bonds is 5. The second-order valence-electron chi connectivity index (χ2n) is 9.10. The molecule has 3 atom stereocenters. The molecule has 3 unspecified atom stereocenters. The van der Waals surface area contributed by atoms with Crippen LogP contribution >= 0.6 is 11.3 Å². The van der Waals surface area contributed by atoms with E-state index in [1.807, 2.05) is 53.9 Å². The summed E-state index contributed by atoms with van der Waals surface area (Å²) in [7, 11) is 0. The molecule has 0 saturated heterocycles. The number of thiophene rings is 1. The first-order chi connectivity index (χ1) is 16.1. The maximum absolute atomic E-state index is 12.7. The van der Waals surface area contributed by atoms with Gasteiger partial charge in [-0.05, 0) is 85.0 Å². The van der Waals surface area contributed by atoms with Crippen LogP contribution in [-0.2, 0) is 4.79 Å². The molecule has 33 heavy (non-hydrogen) atoms. The van der Waals surface area contributed by atoms with Crippen LogP contribution in [0.3, 0.4) is 0 Å². The average molecular weight is 457 g/mol. The fourth-order valence-electron chi connectivity index (χ4n) is 5.34. The van der Waals surface area contributed by atoms with E-state index in [2.05, 4.69) is 20.6 Å². The van der Waals surface area contributed by atoms with Gasteiger partial charge in [-0.2, -0.15) is 0 Å². The van der Waals surface area contributed by atoms with Crippen molar-refractivity contribution in [1.82, 2.24) is 9.97 Å². The number of nitrogens with zero attached hydrogens (tertiary/aromatic N) is 1. The Kier molecular flexibility index (Phi) is 4.99. The molecule has 6 nitrogen and oxygen atoms in total. The molecule has 2 aliphatic rings. The third-order valence-electron chi connectivity index (χ3n) is 6.99. The molecule has 0 aliphatic heterocycles. The lowest BCUT2D eigenvalue weighted by Crippen LogP contribution is -2.27. The highest BCUT2D eigenvalue weighted by molar-refractivity contribution is 7.12. The van der Waals surface area contributed by atoms with E-state index in [1.165, 1.54) is 30.6 Å². The summed E-state index contributed by atoms with van der Waals surface area (Å²) < 4.78 is 0. The van der Waals surface area contributed by atoms with Gasteiger partial charge in [-0.1, -0.05) is 12.5 Å². The van der Waals surface area contributed by atoms with E-state index in [9.17, 15) is 9.59 Å². The van der Waals surface area contributed by atoms with Gasteiger partial charge in [0.1, 0.15) is 5.82 Å². The quantitative estimate of drug-likeness (QED) is 0.348. The number of hydrogen-bond donors (Lipinski definition) is 3. The number of nitrogens with one attached hydrogen (secondary N) is 3. The van der Waals surface area contributed by atoms with Crippen molar-refractivity contribution in [3.05, 3.63) is 64.9 Å². The van der Waals surface area contributed by atoms with Gasteiger partial charge in [0.15, 0.2) is 0 Å². The number of H-pyrrole nitrogens is 1. The normalized spacial score (nSPS) is 21.4. The van der Waals surface area contributed by atoms with Crippen molar-refractivity contribution < 1.29 is 9.59 Å². The number of benzene rings is 2. The number of imidazole rings is 1. The number of aromatic nitrogens is 2. The predicted octanol–water partition coefficient (Wildman–Crippen LogP) is 5.92. The standard InChI is InChI=1S/C26H24N4O2S/c31-25(20-13-15-3-4-17(20)12-15)27-18-7-5-16(6-8-18)24-29-21-10-9-19(14-22(21)30-24)28-26(32)23-2-1-11-33-23/h1-2,5-11,14-15,17,20H,3-4,12-13H2,(H,27,31)(H,28,32)(H,29,30). The minimum Gasteiger partial charge on any atom is -0.338 e. The minimum absolute atomic E-state index is 0.118.